The fourth-order valence-electron chi connectivity index (χ4n) is 1.56. The van der Waals surface area contributed by atoms with Crippen LogP contribution in [0.3, 0.4) is 0 Å². The molecule has 21 heavy (non-hydrogen) atoms. The molecule has 118 valence electrons. The lowest BCUT2D eigenvalue weighted by Crippen LogP contribution is -2.33. The molecule has 0 aliphatic carbocycles. The van der Waals surface area contributed by atoms with Crippen molar-refractivity contribution in [3.8, 4) is 5.75 Å². The number of carbonyl (C=O) groups excluding carboxylic acids is 1. The number of amides is 1. The fourth-order valence-corrected chi connectivity index (χ4v) is 2.68. The zero-order chi connectivity index (χ0) is 16.0. The fraction of sp³-hybridized carbons (Fsp3) is 0.500. The molecular weight excluding hydrogens is 314 g/mol. The van der Waals surface area contributed by atoms with Crippen LogP contribution in [-0.4, -0.2) is 31.9 Å². The molecular formula is C14H20ClNO4S. The number of hydrogen-bond acceptors (Lipinski definition) is 4. The Labute approximate surface area is 130 Å². The van der Waals surface area contributed by atoms with Gasteiger partial charge in [0.2, 0.25) is 5.91 Å². The van der Waals surface area contributed by atoms with E-state index in [1.165, 1.54) is 19.9 Å². The summed E-state index contributed by atoms with van der Waals surface area (Å²) in [5.41, 5.74) is 0.437. The summed E-state index contributed by atoms with van der Waals surface area (Å²) in [6.07, 6.45) is 0.862. The van der Waals surface area contributed by atoms with E-state index in [0.29, 0.717) is 23.1 Å². The molecule has 1 N–H and O–H groups in total. The third kappa shape index (κ3) is 4.89. The highest BCUT2D eigenvalue weighted by atomic mass is 35.5. The first-order chi connectivity index (χ1) is 9.81. The molecule has 0 spiro atoms. The molecule has 1 aromatic rings. The van der Waals surface area contributed by atoms with Gasteiger partial charge in [-0.15, -0.1) is 0 Å². The van der Waals surface area contributed by atoms with Crippen LogP contribution in [0.5, 0.6) is 5.75 Å². The van der Waals surface area contributed by atoms with E-state index < -0.39 is 21.0 Å². The Morgan fingerprint density at radius 3 is 2.57 bits per heavy atom. The van der Waals surface area contributed by atoms with Gasteiger partial charge in [0.25, 0.3) is 0 Å². The first-order valence-electron chi connectivity index (χ1n) is 6.76. The first-order valence-corrected chi connectivity index (χ1v) is 8.86. The zero-order valence-corrected chi connectivity index (χ0v) is 13.9. The molecule has 0 bridgehead atoms. The molecule has 0 radical (unpaired) electrons. The lowest BCUT2D eigenvalue weighted by Gasteiger charge is -2.13. The molecule has 0 aliphatic heterocycles. The second-order valence-corrected chi connectivity index (χ2v) is 7.59. The van der Waals surface area contributed by atoms with Crippen molar-refractivity contribution >= 4 is 33.0 Å². The van der Waals surface area contributed by atoms with Gasteiger partial charge in [-0.1, -0.05) is 25.4 Å². The number of benzene rings is 1. The second-order valence-electron chi connectivity index (χ2n) is 4.58. The van der Waals surface area contributed by atoms with E-state index in [0.717, 1.165) is 6.42 Å². The van der Waals surface area contributed by atoms with Crippen molar-refractivity contribution in [1.29, 1.82) is 0 Å². The monoisotopic (exact) mass is 333 g/mol. The van der Waals surface area contributed by atoms with Crippen molar-refractivity contribution in [2.24, 2.45) is 0 Å². The Morgan fingerprint density at radius 2 is 2.05 bits per heavy atom. The van der Waals surface area contributed by atoms with Crippen molar-refractivity contribution in [2.75, 3.05) is 17.7 Å². The highest BCUT2D eigenvalue weighted by Crippen LogP contribution is 2.28. The first kappa shape index (κ1) is 17.8. The number of hydrogen-bond donors (Lipinski definition) is 1. The minimum absolute atomic E-state index is 0.0772. The van der Waals surface area contributed by atoms with Crippen molar-refractivity contribution in [3.63, 3.8) is 0 Å². The summed E-state index contributed by atoms with van der Waals surface area (Å²) in [5.74, 6) is -0.118. The predicted molar refractivity (Wildman–Crippen MR) is 84.8 cm³/mol. The number of rotatable bonds is 7. The lowest BCUT2D eigenvalue weighted by molar-refractivity contribution is -0.115. The van der Waals surface area contributed by atoms with Crippen LogP contribution in [0.25, 0.3) is 0 Å². The quantitative estimate of drug-likeness (QED) is 0.832. The van der Waals surface area contributed by atoms with Crippen LogP contribution in [-0.2, 0) is 14.6 Å². The van der Waals surface area contributed by atoms with Gasteiger partial charge in [-0.05, 0) is 31.5 Å². The molecule has 1 unspecified atom stereocenters. The van der Waals surface area contributed by atoms with Gasteiger partial charge in [0.1, 0.15) is 11.0 Å². The number of halogens is 1. The van der Waals surface area contributed by atoms with Gasteiger partial charge in [-0.25, -0.2) is 8.42 Å². The summed E-state index contributed by atoms with van der Waals surface area (Å²) in [5, 5.41) is 1.82. The smallest absolute Gasteiger partial charge is 0.242 e. The summed E-state index contributed by atoms with van der Waals surface area (Å²) >= 11 is 6.05. The number of ether oxygens (including phenoxy) is 1. The number of nitrogens with one attached hydrogen (secondary N) is 1. The molecule has 1 rings (SSSR count). The molecule has 1 aromatic carbocycles. The Bertz CT molecular complexity index is 601. The molecule has 0 heterocycles. The maximum Gasteiger partial charge on any atom is 0.242 e. The van der Waals surface area contributed by atoms with E-state index in [1.807, 2.05) is 6.92 Å². The van der Waals surface area contributed by atoms with Gasteiger partial charge in [0.05, 0.1) is 11.6 Å². The summed E-state index contributed by atoms with van der Waals surface area (Å²) in [6.45, 7) is 5.42. The summed E-state index contributed by atoms with van der Waals surface area (Å²) in [7, 11) is -3.42. The largest absolute Gasteiger partial charge is 0.492 e. The third-order valence-electron chi connectivity index (χ3n) is 2.97. The van der Waals surface area contributed by atoms with Crippen molar-refractivity contribution in [1.82, 2.24) is 0 Å². The number of sulfone groups is 1. The molecule has 5 nitrogen and oxygen atoms in total. The normalized spacial score (nSPS) is 12.8. The Hall–Kier alpha value is -1.27. The van der Waals surface area contributed by atoms with E-state index in [2.05, 4.69) is 5.32 Å². The van der Waals surface area contributed by atoms with E-state index in [9.17, 15) is 13.2 Å². The Balaban J connectivity index is 2.80. The highest BCUT2D eigenvalue weighted by Gasteiger charge is 2.26. The third-order valence-corrected chi connectivity index (χ3v) is 5.36. The minimum atomic E-state index is -3.42. The van der Waals surface area contributed by atoms with Crippen LogP contribution in [0.4, 0.5) is 5.69 Å². The molecule has 1 amide bonds. The van der Waals surface area contributed by atoms with Gasteiger partial charge in [0, 0.05) is 11.4 Å². The highest BCUT2D eigenvalue weighted by molar-refractivity contribution is 7.92. The molecule has 0 aliphatic rings. The average Bonchev–Trinajstić information content (AvgIpc) is 2.45. The van der Waals surface area contributed by atoms with E-state index in [1.54, 1.807) is 12.1 Å². The minimum Gasteiger partial charge on any atom is -0.492 e. The summed E-state index contributed by atoms with van der Waals surface area (Å²) in [4.78, 5) is 11.9. The van der Waals surface area contributed by atoms with E-state index >= 15 is 0 Å². The van der Waals surface area contributed by atoms with Crippen LogP contribution in [0.1, 0.15) is 27.2 Å². The molecule has 0 saturated heterocycles. The van der Waals surface area contributed by atoms with Crippen LogP contribution in [0.2, 0.25) is 5.02 Å². The topological polar surface area (TPSA) is 72.5 Å². The zero-order valence-electron chi connectivity index (χ0n) is 12.3. The molecule has 0 aromatic heterocycles. The van der Waals surface area contributed by atoms with Gasteiger partial charge >= 0.3 is 0 Å². The molecule has 0 saturated carbocycles. The summed E-state index contributed by atoms with van der Waals surface area (Å²) < 4.78 is 28.8. The maximum atomic E-state index is 11.9. The standard InChI is InChI=1S/C14H20ClNO4S/c1-4-8-20-13-7-6-11(9-12(13)15)16-14(17)10(3)21(18,19)5-2/h6-7,9-10H,4-5,8H2,1-3H3,(H,16,17). The Kier molecular flexibility index (Phi) is 6.48. The number of carbonyl (C=O) groups is 1. The lowest BCUT2D eigenvalue weighted by atomic mass is 10.3. The van der Waals surface area contributed by atoms with E-state index in [4.69, 9.17) is 16.3 Å². The van der Waals surface area contributed by atoms with Crippen LogP contribution >= 0.6 is 11.6 Å². The number of anilines is 1. The maximum absolute atomic E-state index is 11.9. The van der Waals surface area contributed by atoms with Crippen LogP contribution in [0, 0.1) is 0 Å². The van der Waals surface area contributed by atoms with E-state index in [-0.39, 0.29) is 5.75 Å². The van der Waals surface area contributed by atoms with Gasteiger partial charge in [-0.3, -0.25) is 4.79 Å². The molecule has 0 fully saturated rings. The van der Waals surface area contributed by atoms with Gasteiger partial charge < -0.3 is 10.1 Å². The van der Waals surface area contributed by atoms with Crippen molar-refractivity contribution < 1.29 is 17.9 Å². The molecule has 1 atom stereocenters. The van der Waals surface area contributed by atoms with Gasteiger partial charge in [0.15, 0.2) is 9.84 Å². The second kappa shape index (κ2) is 7.66. The molecule has 7 heteroatoms. The van der Waals surface area contributed by atoms with Crippen LogP contribution < -0.4 is 10.1 Å². The predicted octanol–water partition coefficient (Wildman–Crippen LogP) is 2.89. The Morgan fingerprint density at radius 1 is 1.38 bits per heavy atom. The average molecular weight is 334 g/mol. The van der Waals surface area contributed by atoms with Gasteiger partial charge in [-0.2, -0.15) is 0 Å². The van der Waals surface area contributed by atoms with Crippen molar-refractivity contribution in [2.45, 2.75) is 32.4 Å². The van der Waals surface area contributed by atoms with Crippen molar-refractivity contribution in [3.05, 3.63) is 23.2 Å². The van der Waals surface area contributed by atoms with Crippen LogP contribution in [0.15, 0.2) is 18.2 Å². The SMILES string of the molecule is CCCOc1ccc(NC(=O)C(C)S(=O)(=O)CC)cc1Cl. The summed E-state index contributed by atoms with van der Waals surface area (Å²) in [6, 6.07) is 4.81.